The number of hydrogen-bond acceptors (Lipinski definition) is 4. The molecule has 2 aromatic rings. The number of hydrogen-bond donors (Lipinski definition) is 0. The minimum atomic E-state index is -0.546. The van der Waals surface area contributed by atoms with E-state index in [4.69, 9.17) is 4.74 Å². The minimum Gasteiger partial charge on any atom is -0.455 e. The Hall–Kier alpha value is -1.69. The highest BCUT2D eigenvalue weighted by Crippen LogP contribution is 2.18. The number of ether oxygens (including phenoxy) is 1. The van der Waals surface area contributed by atoms with E-state index in [0.717, 1.165) is 10.0 Å². The Kier molecular flexibility index (Phi) is 4.46. The van der Waals surface area contributed by atoms with Crippen LogP contribution in [0.4, 0.5) is 0 Å². The van der Waals surface area contributed by atoms with Gasteiger partial charge in [0.25, 0.3) is 0 Å². The van der Waals surface area contributed by atoms with Gasteiger partial charge in [0, 0.05) is 4.47 Å². The second-order valence-electron chi connectivity index (χ2n) is 5.77. The van der Waals surface area contributed by atoms with Gasteiger partial charge in [-0.05, 0) is 39.3 Å². The molecule has 0 bridgehead atoms. The van der Waals surface area contributed by atoms with Crippen molar-refractivity contribution in [3.8, 4) is 0 Å². The number of esters is 1. The van der Waals surface area contributed by atoms with Crippen LogP contribution in [0.1, 0.15) is 42.5 Å². The third kappa shape index (κ3) is 3.91. The molecule has 5 nitrogen and oxygen atoms in total. The summed E-state index contributed by atoms with van der Waals surface area (Å²) in [6.07, 6.45) is 0. The Labute approximate surface area is 132 Å². The first kappa shape index (κ1) is 15.7. The summed E-state index contributed by atoms with van der Waals surface area (Å²) in [6, 6.07) is 7.88. The molecule has 6 heteroatoms. The van der Waals surface area contributed by atoms with Crippen LogP contribution in [0, 0.1) is 6.92 Å². The third-order valence-corrected chi connectivity index (χ3v) is 3.63. The van der Waals surface area contributed by atoms with Crippen molar-refractivity contribution < 1.29 is 9.53 Å². The molecular weight excluding hydrogens is 334 g/mol. The summed E-state index contributed by atoms with van der Waals surface area (Å²) in [5.41, 5.74) is 1.48. The zero-order valence-electron chi connectivity index (χ0n) is 12.6. The molecule has 0 amide bonds. The lowest BCUT2D eigenvalue weighted by Crippen LogP contribution is -2.24. The van der Waals surface area contributed by atoms with Crippen molar-refractivity contribution >= 4 is 21.9 Å². The number of nitrogens with zero attached hydrogens (tertiary/aromatic N) is 3. The molecule has 0 saturated heterocycles. The van der Waals surface area contributed by atoms with Gasteiger partial charge in [0.15, 0.2) is 5.69 Å². The maximum absolute atomic E-state index is 12.1. The predicted molar refractivity (Wildman–Crippen MR) is 83.2 cm³/mol. The zero-order chi connectivity index (χ0) is 15.6. The van der Waals surface area contributed by atoms with Gasteiger partial charge in [-0.25, -0.2) is 9.48 Å². The summed E-state index contributed by atoms with van der Waals surface area (Å²) in [4.78, 5) is 12.1. The van der Waals surface area contributed by atoms with E-state index in [-0.39, 0.29) is 5.69 Å². The van der Waals surface area contributed by atoms with E-state index in [1.54, 1.807) is 4.68 Å². The lowest BCUT2D eigenvalue weighted by molar-refractivity contribution is 0.00619. The molecule has 2 rings (SSSR count). The average molecular weight is 352 g/mol. The van der Waals surface area contributed by atoms with Crippen LogP contribution >= 0.6 is 15.9 Å². The Balaban J connectivity index is 2.21. The summed E-state index contributed by atoms with van der Waals surface area (Å²) in [5, 5.41) is 8.00. The summed E-state index contributed by atoms with van der Waals surface area (Å²) in [5.74, 6) is -0.446. The molecule has 0 unspecified atom stereocenters. The van der Waals surface area contributed by atoms with Crippen molar-refractivity contribution in [1.29, 1.82) is 0 Å². The fourth-order valence-electron chi connectivity index (χ4n) is 1.81. The van der Waals surface area contributed by atoms with E-state index in [1.807, 2.05) is 52.0 Å². The van der Waals surface area contributed by atoms with Gasteiger partial charge in [-0.1, -0.05) is 39.3 Å². The Bertz CT molecular complexity index is 659. The first-order valence-electron chi connectivity index (χ1n) is 6.65. The van der Waals surface area contributed by atoms with E-state index in [2.05, 4.69) is 26.2 Å². The molecular formula is C15H18BrN3O2. The molecule has 0 saturated carbocycles. The second-order valence-corrected chi connectivity index (χ2v) is 6.63. The van der Waals surface area contributed by atoms with Crippen molar-refractivity contribution in [1.82, 2.24) is 15.0 Å². The fraction of sp³-hybridized carbons (Fsp3) is 0.400. The highest BCUT2D eigenvalue weighted by Gasteiger charge is 2.23. The van der Waals surface area contributed by atoms with Gasteiger partial charge in [0.2, 0.25) is 0 Å². The molecule has 21 heavy (non-hydrogen) atoms. The van der Waals surface area contributed by atoms with Crippen LogP contribution in [0.25, 0.3) is 0 Å². The summed E-state index contributed by atoms with van der Waals surface area (Å²) >= 11 is 3.50. The van der Waals surface area contributed by atoms with E-state index < -0.39 is 11.6 Å². The number of carbonyl (C=O) groups excluding carboxylic acids is 1. The average Bonchev–Trinajstić information content (AvgIpc) is 2.72. The Morgan fingerprint density at radius 1 is 1.33 bits per heavy atom. The molecule has 0 spiro atoms. The molecule has 0 radical (unpaired) electrons. The quantitative estimate of drug-likeness (QED) is 0.795. The number of aromatic nitrogens is 3. The standard InChI is InChI=1S/C15H18BrN3O2/c1-10-13(14(20)21-15(2,3)4)17-18-19(10)9-11-7-5-6-8-12(11)16/h5-8H,9H2,1-4H3. The molecule has 0 aliphatic carbocycles. The maximum Gasteiger partial charge on any atom is 0.361 e. The van der Waals surface area contributed by atoms with E-state index in [1.165, 1.54) is 0 Å². The lowest BCUT2D eigenvalue weighted by atomic mass is 10.2. The fourth-order valence-corrected chi connectivity index (χ4v) is 2.22. The molecule has 0 fully saturated rings. The number of carbonyl (C=O) groups is 1. The molecule has 1 heterocycles. The number of halogens is 1. The molecule has 1 aromatic carbocycles. The lowest BCUT2D eigenvalue weighted by Gasteiger charge is -2.18. The van der Waals surface area contributed by atoms with Gasteiger partial charge in [0.05, 0.1) is 12.2 Å². The van der Waals surface area contributed by atoms with Crippen molar-refractivity contribution in [2.45, 2.75) is 39.8 Å². The van der Waals surface area contributed by atoms with E-state index in [9.17, 15) is 4.79 Å². The number of rotatable bonds is 3. The first-order chi connectivity index (χ1) is 9.78. The van der Waals surface area contributed by atoms with Crippen molar-refractivity contribution in [3.05, 3.63) is 45.7 Å². The van der Waals surface area contributed by atoms with Crippen LogP contribution in [-0.2, 0) is 11.3 Å². The van der Waals surface area contributed by atoms with Gasteiger partial charge < -0.3 is 4.74 Å². The van der Waals surface area contributed by atoms with Crippen LogP contribution in [0.5, 0.6) is 0 Å². The SMILES string of the molecule is Cc1c(C(=O)OC(C)(C)C)nnn1Cc1ccccc1Br. The van der Waals surface area contributed by atoms with Gasteiger partial charge in [0.1, 0.15) is 5.60 Å². The molecule has 0 aliphatic heterocycles. The monoisotopic (exact) mass is 351 g/mol. The zero-order valence-corrected chi connectivity index (χ0v) is 14.1. The smallest absolute Gasteiger partial charge is 0.361 e. The molecule has 0 aliphatic rings. The van der Waals surface area contributed by atoms with Crippen LogP contribution < -0.4 is 0 Å². The largest absolute Gasteiger partial charge is 0.455 e. The Morgan fingerprint density at radius 2 is 2.00 bits per heavy atom. The summed E-state index contributed by atoms with van der Waals surface area (Å²) in [7, 11) is 0. The molecule has 112 valence electrons. The highest BCUT2D eigenvalue weighted by molar-refractivity contribution is 9.10. The van der Waals surface area contributed by atoms with Crippen LogP contribution in [0.2, 0.25) is 0 Å². The summed E-state index contributed by atoms with van der Waals surface area (Å²) in [6.45, 7) is 7.84. The number of benzene rings is 1. The minimum absolute atomic E-state index is 0.261. The topological polar surface area (TPSA) is 57.0 Å². The van der Waals surface area contributed by atoms with Crippen molar-refractivity contribution in [3.63, 3.8) is 0 Å². The normalized spacial score (nSPS) is 11.5. The first-order valence-corrected chi connectivity index (χ1v) is 7.44. The van der Waals surface area contributed by atoms with E-state index in [0.29, 0.717) is 12.2 Å². The van der Waals surface area contributed by atoms with Crippen molar-refractivity contribution in [2.75, 3.05) is 0 Å². The third-order valence-electron chi connectivity index (χ3n) is 2.85. The van der Waals surface area contributed by atoms with Gasteiger partial charge in [-0.15, -0.1) is 5.10 Å². The molecule has 0 atom stereocenters. The Morgan fingerprint density at radius 3 is 2.62 bits per heavy atom. The van der Waals surface area contributed by atoms with E-state index >= 15 is 0 Å². The molecule has 1 aromatic heterocycles. The summed E-state index contributed by atoms with van der Waals surface area (Å²) < 4.78 is 8.02. The second kappa shape index (κ2) is 5.97. The molecule has 0 N–H and O–H groups in total. The van der Waals surface area contributed by atoms with Gasteiger partial charge in [-0.2, -0.15) is 0 Å². The van der Waals surface area contributed by atoms with Gasteiger partial charge in [-0.3, -0.25) is 0 Å². The van der Waals surface area contributed by atoms with Crippen molar-refractivity contribution in [2.24, 2.45) is 0 Å². The van der Waals surface area contributed by atoms with Crippen LogP contribution in [0.3, 0.4) is 0 Å². The maximum atomic E-state index is 12.1. The van der Waals surface area contributed by atoms with Crippen LogP contribution in [-0.4, -0.2) is 26.6 Å². The highest BCUT2D eigenvalue weighted by atomic mass is 79.9. The van der Waals surface area contributed by atoms with Crippen LogP contribution in [0.15, 0.2) is 28.7 Å². The predicted octanol–water partition coefficient (Wildman–Crippen LogP) is 3.35. The van der Waals surface area contributed by atoms with Gasteiger partial charge >= 0.3 is 5.97 Å².